The number of rotatable bonds is 14. The molecule has 2 heterocycles. The van der Waals surface area contributed by atoms with E-state index in [1.165, 1.54) is 36.9 Å². The van der Waals surface area contributed by atoms with Gasteiger partial charge in [-0.1, -0.05) is 136 Å². The first-order valence-corrected chi connectivity index (χ1v) is 16.6. The Morgan fingerprint density at radius 2 is 1.15 bits per heavy atom. The summed E-state index contributed by atoms with van der Waals surface area (Å²) >= 11 is 0. The molecule has 3 heteroatoms. The maximum atomic E-state index is 5.02. The lowest BCUT2D eigenvalue weighted by atomic mass is 9.96. The Bertz CT molecular complexity index is 1740. The number of hydrogen-bond donors (Lipinski definition) is 0. The van der Waals surface area contributed by atoms with E-state index in [2.05, 4.69) is 141 Å². The standard InChI is InChI=1S/C43H45N3/c1-4-6-30-46(31-7-5-2)39-24-19-37(20-25-39)18-23-38-33-45-43(42-32-34(3)28-29-44-42)41(27-22-36-16-12-9-13-17-36)40(38)26-21-35-14-10-8-11-15-35/h8-29,32-33H,4-7,30-31H2,1-3H3. The molecule has 0 saturated heterocycles. The topological polar surface area (TPSA) is 29.0 Å². The lowest BCUT2D eigenvalue weighted by Gasteiger charge is -2.24. The van der Waals surface area contributed by atoms with E-state index in [-0.39, 0.29) is 0 Å². The van der Waals surface area contributed by atoms with Gasteiger partial charge < -0.3 is 4.90 Å². The quantitative estimate of drug-likeness (QED) is 0.126. The van der Waals surface area contributed by atoms with Crippen LogP contribution in [0, 0.1) is 6.92 Å². The first kappa shape index (κ1) is 32.4. The summed E-state index contributed by atoms with van der Waals surface area (Å²) in [5.74, 6) is 0. The van der Waals surface area contributed by atoms with Crippen molar-refractivity contribution in [2.24, 2.45) is 0 Å². The molecule has 2 aromatic heterocycles. The van der Waals surface area contributed by atoms with Gasteiger partial charge in [0.1, 0.15) is 0 Å². The summed E-state index contributed by atoms with van der Waals surface area (Å²) in [4.78, 5) is 12.3. The highest BCUT2D eigenvalue weighted by molar-refractivity contribution is 5.90. The molecule has 0 aliphatic carbocycles. The third kappa shape index (κ3) is 9.01. The van der Waals surface area contributed by atoms with Gasteiger partial charge in [-0.15, -0.1) is 0 Å². The fourth-order valence-electron chi connectivity index (χ4n) is 5.45. The maximum Gasteiger partial charge on any atom is 0.0964 e. The molecule has 0 atom stereocenters. The van der Waals surface area contributed by atoms with Gasteiger partial charge in [-0.3, -0.25) is 9.97 Å². The van der Waals surface area contributed by atoms with Gasteiger partial charge in [-0.2, -0.15) is 0 Å². The summed E-state index contributed by atoms with van der Waals surface area (Å²) in [5.41, 5.74) is 10.8. The summed E-state index contributed by atoms with van der Waals surface area (Å²) in [6, 6.07) is 34.0. The van der Waals surface area contributed by atoms with Crippen molar-refractivity contribution in [2.45, 2.75) is 46.5 Å². The molecule has 0 bridgehead atoms. The van der Waals surface area contributed by atoms with Crippen molar-refractivity contribution < 1.29 is 0 Å². The minimum absolute atomic E-state index is 0.865. The second kappa shape index (κ2) is 16.9. The first-order chi connectivity index (χ1) is 22.6. The SMILES string of the molecule is CCCCN(CCCC)c1ccc(C=Cc2cnc(-c3cc(C)ccn3)c(C=Cc3ccccc3)c2C=Cc2ccccc2)cc1. The van der Waals surface area contributed by atoms with Crippen molar-refractivity contribution in [3.8, 4) is 11.4 Å². The number of benzene rings is 3. The van der Waals surface area contributed by atoms with Crippen LogP contribution in [0.2, 0.25) is 0 Å². The van der Waals surface area contributed by atoms with Crippen molar-refractivity contribution in [1.82, 2.24) is 9.97 Å². The highest BCUT2D eigenvalue weighted by atomic mass is 15.1. The van der Waals surface area contributed by atoms with E-state index in [1.54, 1.807) is 0 Å². The van der Waals surface area contributed by atoms with Gasteiger partial charge in [-0.25, -0.2) is 0 Å². The molecular weight excluding hydrogens is 558 g/mol. The zero-order valence-corrected chi connectivity index (χ0v) is 27.4. The van der Waals surface area contributed by atoms with Gasteiger partial charge in [0.05, 0.1) is 11.4 Å². The van der Waals surface area contributed by atoms with Crippen molar-refractivity contribution in [3.05, 3.63) is 148 Å². The minimum atomic E-state index is 0.865. The normalized spacial score (nSPS) is 11.6. The van der Waals surface area contributed by atoms with Crippen LogP contribution in [0.1, 0.15) is 78.5 Å². The Morgan fingerprint density at radius 1 is 0.587 bits per heavy atom. The van der Waals surface area contributed by atoms with E-state index in [4.69, 9.17) is 9.97 Å². The summed E-state index contributed by atoms with van der Waals surface area (Å²) < 4.78 is 0. The Balaban J connectivity index is 1.57. The Kier molecular flexibility index (Phi) is 11.9. The number of pyridine rings is 2. The average Bonchev–Trinajstić information content (AvgIpc) is 3.10. The number of nitrogens with zero attached hydrogens (tertiary/aromatic N) is 3. The molecule has 0 radical (unpaired) electrons. The van der Waals surface area contributed by atoms with Crippen LogP contribution in [0.15, 0.2) is 109 Å². The fraction of sp³-hybridized carbons (Fsp3) is 0.209. The van der Waals surface area contributed by atoms with Crippen LogP contribution in [-0.2, 0) is 0 Å². The molecule has 0 unspecified atom stereocenters. The number of aromatic nitrogens is 2. The Morgan fingerprint density at radius 3 is 1.74 bits per heavy atom. The third-order valence-corrected chi connectivity index (χ3v) is 8.11. The molecule has 0 saturated carbocycles. The third-order valence-electron chi connectivity index (χ3n) is 8.11. The summed E-state index contributed by atoms with van der Waals surface area (Å²) in [5, 5.41) is 0. The van der Waals surface area contributed by atoms with Crippen molar-refractivity contribution in [3.63, 3.8) is 0 Å². The van der Waals surface area contributed by atoms with Gasteiger partial charge >= 0.3 is 0 Å². The number of anilines is 1. The second-order valence-corrected chi connectivity index (χ2v) is 11.7. The first-order valence-electron chi connectivity index (χ1n) is 16.6. The number of hydrogen-bond acceptors (Lipinski definition) is 3. The monoisotopic (exact) mass is 603 g/mol. The van der Waals surface area contributed by atoms with Crippen LogP contribution in [-0.4, -0.2) is 23.1 Å². The van der Waals surface area contributed by atoms with E-state index in [0.29, 0.717) is 0 Å². The number of aryl methyl sites for hydroxylation is 1. The zero-order valence-electron chi connectivity index (χ0n) is 27.4. The van der Waals surface area contributed by atoms with Crippen LogP contribution < -0.4 is 4.90 Å². The van der Waals surface area contributed by atoms with Gasteiger partial charge in [0.2, 0.25) is 0 Å². The van der Waals surface area contributed by atoms with Crippen LogP contribution in [0.25, 0.3) is 47.8 Å². The van der Waals surface area contributed by atoms with E-state index in [9.17, 15) is 0 Å². The summed E-state index contributed by atoms with van der Waals surface area (Å²) in [6.07, 6.45) is 21.8. The van der Waals surface area contributed by atoms with Crippen LogP contribution >= 0.6 is 0 Å². The van der Waals surface area contributed by atoms with E-state index in [0.717, 1.165) is 57.9 Å². The van der Waals surface area contributed by atoms with Crippen molar-refractivity contribution >= 4 is 42.1 Å². The highest BCUT2D eigenvalue weighted by Gasteiger charge is 2.14. The van der Waals surface area contributed by atoms with Crippen LogP contribution in [0.3, 0.4) is 0 Å². The van der Waals surface area contributed by atoms with E-state index < -0.39 is 0 Å². The summed E-state index contributed by atoms with van der Waals surface area (Å²) in [6.45, 7) is 8.83. The van der Waals surface area contributed by atoms with Gasteiger partial charge in [-0.05, 0) is 71.8 Å². The molecule has 0 fully saturated rings. The average molecular weight is 604 g/mol. The van der Waals surface area contributed by atoms with Gasteiger partial charge in [0.15, 0.2) is 0 Å². The molecule has 232 valence electrons. The predicted molar refractivity (Wildman–Crippen MR) is 200 cm³/mol. The maximum absolute atomic E-state index is 5.02. The zero-order chi connectivity index (χ0) is 32.0. The fourth-order valence-corrected chi connectivity index (χ4v) is 5.45. The number of unbranched alkanes of at least 4 members (excludes halogenated alkanes) is 2. The molecule has 3 aromatic carbocycles. The molecule has 0 aliphatic heterocycles. The molecule has 0 spiro atoms. The molecule has 0 aliphatic rings. The molecule has 0 N–H and O–H groups in total. The lowest BCUT2D eigenvalue weighted by Crippen LogP contribution is -2.25. The molecule has 3 nitrogen and oxygen atoms in total. The largest absolute Gasteiger partial charge is 0.372 e. The minimum Gasteiger partial charge on any atom is -0.372 e. The van der Waals surface area contributed by atoms with E-state index in [1.807, 2.05) is 30.6 Å². The van der Waals surface area contributed by atoms with Crippen molar-refractivity contribution in [2.75, 3.05) is 18.0 Å². The highest BCUT2D eigenvalue weighted by Crippen LogP contribution is 2.31. The molecule has 46 heavy (non-hydrogen) atoms. The van der Waals surface area contributed by atoms with E-state index >= 15 is 0 Å². The molecule has 5 aromatic rings. The smallest absolute Gasteiger partial charge is 0.0964 e. The lowest BCUT2D eigenvalue weighted by molar-refractivity contribution is 0.678. The van der Waals surface area contributed by atoms with Gasteiger partial charge in [0, 0.05) is 42.3 Å². The van der Waals surface area contributed by atoms with Crippen LogP contribution in [0.4, 0.5) is 5.69 Å². The molecule has 5 rings (SSSR count). The second-order valence-electron chi connectivity index (χ2n) is 11.7. The Labute approximate surface area is 275 Å². The predicted octanol–water partition coefficient (Wildman–Crippen LogP) is 11.4. The Hall–Kier alpha value is -5.02. The molecular formula is C43H45N3. The van der Waals surface area contributed by atoms with Crippen molar-refractivity contribution in [1.29, 1.82) is 0 Å². The summed E-state index contributed by atoms with van der Waals surface area (Å²) in [7, 11) is 0. The van der Waals surface area contributed by atoms with Gasteiger partial charge in [0.25, 0.3) is 0 Å². The van der Waals surface area contributed by atoms with Crippen LogP contribution in [0.5, 0.6) is 0 Å². The molecule has 0 amide bonds.